The fraction of sp³-hybridized carbons (Fsp3) is 0.500. The van der Waals surface area contributed by atoms with Crippen molar-refractivity contribution in [2.24, 2.45) is 0 Å². The van der Waals surface area contributed by atoms with Gasteiger partial charge in [-0.25, -0.2) is 0 Å². The van der Waals surface area contributed by atoms with Gasteiger partial charge in [-0.15, -0.1) is 0 Å². The summed E-state index contributed by atoms with van der Waals surface area (Å²) < 4.78 is 0.775. The van der Waals surface area contributed by atoms with Crippen LogP contribution >= 0.6 is 15.9 Å². The molecule has 0 aliphatic heterocycles. The Hall–Kier alpha value is -0.980. The second-order valence-electron chi connectivity index (χ2n) is 4.37. The van der Waals surface area contributed by atoms with Gasteiger partial charge in [0.25, 0.3) is 5.69 Å². The number of hydrogen-bond donors (Lipinski definition) is 1. The third-order valence-corrected chi connectivity index (χ3v) is 3.26. The normalized spacial score (nSPS) is 10.9. The van der Waals surface area contributed by atoms with Crippen molar-refractivity contribution in [3.8, 4) is 0 Å². The zero-order valence-corrected chi connectivity index (χ0v) is 12.2. The van der Waals surface area contributed by atoms with Gasteiger partial charge in [-0.05, 0) is 45.2 Å². The molecule has 1 rings (SSSR count). The molecule has 0 heterocycles. The molecule has 0 aromatic heterocycles. The van der Waals surface area contributed by atoms with Gasteiger partial charge in [0, 0.05) is 23.2 Å². The third-order valence-electron chi connectivity index (χ3n) is 2.52. The van der Waals surface area contributed by atoms with E-state index in [1.54, 1.807) is 6.07 Å². The maximum Gasteiger partial charge on any atom is 0.270 e. The maximum absolute atomic E-state index is 10.6. The molecule has 0 spiro atoms. The van der Waals surface area contributed by atoms with E-state index < -0.39 is 0 Å². The van der Waals surface area contributed by atoms with Gasteiger partial charge in [-0.2, -0.15) is 0 Å². The molecule has 0 aliphatic rings. The highest BCUT2D eigenvalue weighted by Gasteiger charge is 2.08. The number of nitro groups is 1. The monoisotopic (exact) mass is 315 g/mol. The first-order chi connectivity index (χ1) is 8.50. The summed E-state index contributed by atoms with van der Waals surface area (Å²) in [5.41, 5.74) is 1.14. The first-order valence-electron chi connectivity index (χ1n) is 5.79. The zero-order valence-electron chi connectivity index (χ0n) is 10.6. The summed E-state index contributed by atoms with van der Waals surface area (Å²) in [4.78, 5) is 12.3. The van der Waals surface area contributed by atoms with E-state index in [1.807, 2.05) is 14.1 Å². The van der Waals surface area contributed by atoms with Crippen molar-refractivity contribution < 1.29 is 4.92 Å². The molecule has 0 unspecified atom stereocenters. The topological polar surface area (TPSA) is 58.4 Å². The van der Waals surface area contributed by atoms with Crippen LogP contribution in [0, 0.1) is 10.1 Å². The summed E-state index contributed by atoms with van der Waals surface area (Å²) in [7, 11) is 4.10. The van der Waals surface area contributed by atoms with Crippen molar-refractivity contribution in [1.29, 1.82) is 0 Å². The van der Waals surface area contributed by atoms with E-state index in [0.29, 0.717) is 6.54 Å². The second-order valence-corrected chi connectivity index (χ2v) is 5.22. The summed E-state index contributed by atoms with van der Waals surface area (Å²) in [6.07, 6.45) is 1.08. The molecule has 0 saturated carbocycles. The second kappa shape index (κ2) is 7.45. The van der Waals surface area contributed by atoms with Gasteiger partial charge in [0.05, 0.1) is 4.92 Å². The Morgan fingerprint density at radius 2 is 2.17 bits per heavy atom. The van der Waals surface area contributed by atoms with Crippen LogP contribution in [0.3, 0.4) is 0 Å². The molecule has 0 amide bonds. The SMILES string of the molecule is CN(C)CCCNCc1ccc([N+](=O)[O-])cc1Br. The first-order valence-corrected chi connectivity index (χ1v) is 6.58. The van der Waals surface area contributed by atoms with Crippen LogP contribution in [-0.2, 0) is 6.54 Å². The average molecular weight is 316 g/mol. The summed E-state index contributed by atoms with van der Waals surface area (Å²) in [5, 5.41) is 13.9. The lowest BCUT2D eigenvalue weighted by atomic mass is 10.2. The van der Waals surface area contributed by atoms with Crippen molar-refractivity contribution in [2.45, 2.75) is 13.0 Å². The molecule has 100 valence electrons. The standard InChI is InChI=1S/C12H18BrN3O2/c1-15(2)7-3-6-14-9-10-4-5-11(16(17)18)8-12(10)13/h4-5,8,14H,3,6-7,9H2,1-2H3. The van der Waals surface area contributed by atoms with E-state index in [1.165, 1.54) is 12.1 Å². The molecule has 0 saturated heterocycles. The fourth-order valence-electron chi connectivity index (χ4n) is 1.54. The number of nitro benzene ring substituents is 1. The number of benzene rings is 1. The van der Waals surface area contributed by atoms with E-state index in [2.05, 4.69) is 26.1 Å². The Bertz CT molecular complexity index is 410. The zero-order chi connectivity index (χ0) is 13.5. The lowest BCUT2D eigenvalue weighted by Gasteiger charge is -2.10. The minimum Gasteiger partial charge on any atom is -0.313 e. The smallest absolute Gasteiger partial charge is 0.270 e. The van der Waals surface area contributed by atoms with Gasteiger partial charge in [0.2, 0.25) is 0 Å². The third kappa shape index (κ3) is 5.12. The fourth-order valence-corrected chi connectivity index (χ4v) is 2.04. The van der Waals surface area contributed by atoms with Crippen LogP contribution in [0.15, 0.2) is 22.7 Å². The minimum absolute atomic E-state index is 0.109. The lowest BCUT2D eigenvalue weighted by molar-refractivity contribution is -0.384. The average Bonchev–Trinajstić information content (AvgIpc) is 2.29. The molecule has 1 aromatic carbocycles. The summed E-state index contributed by atoms with van der Waals surface area (Å²) in [6, 6.07) is 4.85. The quantitative estimate of drug-likeness (QED) is 0.477. The Morgan fingerprint density at radius 3 is 2.72 bits per heavy atom. The molecule has 0 aliphatic carbocycles. The largest absolute Gasteiger partial charge is 0.313 e. The number of nitrogens with zero attached hydrogens (tertiary/aromatic N) is 2. The number of nitrogens with one attached hydrogen (secondary N) is 1. The van der Waals surface area contributed by atoms with Crippen LogP contribution in [0.4, 0.5) is 5.69 Å². The Labute approximate surface area is 115 Å². The molecular formula is C12H18BrN3O2. The maximum atomic E-state index is 10.6. The molecule has 1 N–H and O–H groups in total. The highest BCUT2D eigenvalue weighted by Crippen LogP contribution is 2.22. The molecule has 0 radical (unpaired) electrons. The van der Waals surface area contributed by atoms with Crippen LogP contribution in [0.1, 0.15) is 12.0 Å². The summed E-state index contributed by atoms with van der Waals surface area (Å²) >= 11 is 3.36. The van der Waals surface area contributed by atoms with E-state index in [4.69, 9.17) is 0 Å². The number of non-ortho nitro benzene ring substituents is 1. The Kier molecular flexibility index (Phi) is 6.24. The Balaban J connectivity index is 2.41. The molecular weight excluding hydrogens is 298 g/mol. The predicted octanol–water partition coefficient (Wildman–Crippen LogP) is 2.40. The predicted molar refractivity (Wildman–Crippen MR) is 75.7 cm³/mol. The van der Waals surface area contributed by atoms with Crippen molar-refractivity contribution in [1.82, 2.24) is 10.2 Å². The highest BCUT2D eigenvalue weighted by molar-refractivity contribution is 9.10. The lowest BCUT2D eigenvalue weighted by Crippen LogP contribution is -2.21. The van der Waals surface area contributed by atoms with E-state index >= 15 is 0 Å². The van der Waals surface area contributed by atoms with Gasteiger partial charge in [-0.3, -0.25) is 10.1 Å². The summed E-state index contributed by atoms with van der Waals surface area (Å²) in [5.74, 6) is 0. The molecule has 0 fully saturated rings. The molecule has 6 heteroatoms. The number of rotatable bonds is 7. The van der Waals surface area contributed by atoms with Gasteiger partial charge in [-0.1, -0.05) is 15.9 Å². The van der Waals surface area contributed by atoms with Crippen LogP contribution in [0.5, 0.6) is 0 Å². The van der Waals surface area contributed by atoms with Crippen molar-refractivity contribution >= 4 is 21.6 Å². The molecule has 5 nitrogen and oxygen atoms in total. The van der Waals surface area contributed by atoms with E-state index in [0.717, 1.165) is 29.5 Å². The molecule has 0 atom stereocenters. The minimum atomic E-state index is -0.390. The van der Waals surface area contributed by atoms with Gasteiger partial charge in [0.15, 0.2) is 0 Å². The van der Waals surface area contributed by atoms with Gasteiger partial charge in [0.1, 0.15) is 0 Å². The molecule has 18 heavy (non-hydrogen) atoms. The van der Waals surface area contributed by atoms with Crippen molar-refractivity contribution in [3.05, 3.63) is 38.3 Å². The van der Waals surface area contributed by atoms with Crippen LogP contribution in [0.25, 0.3) is 0 Å². The summed E-state index contributed by atoms with van der Waals surface area (Å²) in [6.45, 7) is 2.70. The number of halogens is 1. The first kappa shape index (κ1) is 15.1. The van der Waals surface area contributed by atoms with E-state index in [9.17, 15) is 10.1 Å². The molecule has 1 aromatic rings. The van der Waals surface area contributed by atoms with Crippen molar-refractivity contribution in [2.75, 3.05) is 27.2 Å². The van der Waals surface area contributed by atoms with Gasteiger partial charge < -0.3 is 10.2 Å². The van der Waals surface area contributed by atoms with Crippen LogP contribution in [-0.4, -0.2) is 37.0 Å². The van der Waals surface area contributed by atoms with Crippen LogP contribution < -0.4 is 5.32 Å². The van der Waals surface area contributed by atoms with Crippen molar-refractivity contribution in [3.63, 3.8) is 0 Å². The van der Waals surface area contributed by atoms with Gasteiger partial charge >= 0.3 is 0 Å². The molecule has 0 bridgehead atoms. The highest BCUT2D eigenvalue weighted by atomic mass is 79.9. The number of hydrogen-bond acceptors (Lipinski definition) is 4. The van der Waals surface area contributed by atoms with Crippen LogP contribution in [0.2, 0.25) is 0 Å². The Morgan fingerprint density at radius 1 is 1.44 bits per heavy atom. The van der Waals surface area contributed by atoms with E-state index in [-0.39, 0.29) is 10.6 Å².